The van der Waals surface area contributed by atoms with E-state index in [1.807, 2.05) is 44.0 Å². The van der Waals surface area contributed by atoms with E-state index in [9.17, 15) is 0 Å². The molecule has 5 nitrogen and oxygen atoms in total. The van der Waals surface area contributed by atoms with Gasteiger partial charge in [0.05, 0.1) is 18.3 Å². The number of aromatic nitrogens is 1. The van der Waals surface area contributed by atoms with Crippen molar-refractivity contribution in [1.82, 2.24) is 4.98 Å². The smallest absolute Gasteiger partial charge is 0.178 e. The lowest BCUT2D eigenvalue weighted by molar-refractivity contribution is 0.245. The van der Waals surface area contributed by atoms with Gasteiger partial charge >= 0.3 is 0 Å². The minimum Gasteiger partial charge on any atom is -0.486 e. The van der Waals surface area contributed by atoms with Crippen LogP contribution >= 0.6 is 11.3 Å². The Morgan fingerprint density at radius 2 is 2.24 bits per heavy atom. The number of ether oxygens (including phenoxy) is 1. The van der Waals surface area contributed by atoms with Gasteiger partial charge < -0.3 is 15.4 Å². The summed E-state index contributed by atoms with van der Waals surface area (Å²) in [6.07, 6.45) is 1.76. The Hall–Kier alpha value is -2.26. The number of nitriles is 1. The van der Waals surface area contributed by atoms with E-state index in [4.69, 9.17) is 15.7 Å². The number of thiophene rings is 1. The van der Waals surface area contributed by atoms with Crippen molar-refractivity contribution in [2.75, 3.05) is 17.7 Å². The number of rotatable bonds is 5. The normalized spacial score (nSPS) is 10.4. The van der Waals surface area contributed by atoms with Gasteiger partial charge in [0, 0.05) is 13.2 Å². The molecule has 0 aliphatic rings. The van der Waals surface area contributed by atoms with Crippen LogP contribution in [0.4, 0.5) is 10.7 Å². The lowest BCUT2D eigenvalue weighted by Crippen LogP contribution is -2.18. The highest BCUT2D eigenvalue weighted by Gasteiger charge is 2.21. The molecule has 2 aromatic rings. The molecular weight excluding hydrogens is 284 g/mol. The minimum atomic E-state index is -0.00422. The molecule has 6 heteroatoms. The van der Waals surface area contributed by atoms with Crippen molar-refractivity contribution in [2.24, 2.45) is 0 Å². The Kier molecular flexibility index (Phi) is 4.66. The van der Waals surface area contributed by atoms with Crippen LogP contribution in [-0.4, -0.2) is 18.1 Å². The predicted octanol–water partition coefficient (Wildman–Crippen LogP) is 3.02. The predicted molar refractivity (Wildman–Crippen MR) is 85.6 cm³/mol. The number of nitrogens with zero attached hydrogens (tertiary/aromatic N) is 3. The van der Waals surface area contributed by atoms with E-state index in [0.29, 0.717) is 22.9 Å². The Morgan fingerprint density at radius 3 is 2.81 bits per heavy atom. The van der Waals surface area contributed by atoms with E-state index < -0.39 is 0 Å². The second-order valence-corrected chi connectivity index (χ2v) is 5.93. The maximum Gasteiger partial charge on any atom is 0.178 e. The molecule has 0 fully saturated rings. The summed E-state index contributed by atoms with van der Waals surface area (Å²) in [6.45, 7) is 4.50. The largest absolute Gasteiger partial charge is 0.486 e. The van der Waals surface area contributed by atoms with Gasteiger partial charge in [-0.15, -0.1) is 11.3 Å². The molecule has 0 bridgehead atoms. The van der Waals surface area contributed by atoms with Gasteiger partial charge in [-0.1, -0.05) is 6.07 Å². The second-order valence-electron chi connectivity index (χ2n) is 4.93. The fraction of sp³-hybridized carbons (Fsp3) is 0.333. The number of hydrogen-bond donors (Lipinski definition) is 1. The van der Waals surface area contributed by atoms with E-state index in [1.54, 1.807) is 6.20 Å². The molecule has 0 spiro atoms. The average molecular weight is 302 g/mol. The van der Waals surface area contributed by atoms with Gasteiger partial charge in [-0.2, -0.15) is 5.26 Å². The molecule has 0 radical (unpaired) electrons. The standard InChI is InChI=1S/C15H18N4OS/c1-10(2)20-14-13(17)12(8-16)21-15(14)19(3)9-11-6-4-5-7-18-11/h4-7,10H,9,17H2,1-3H3. The first-order valence-electron chi connectivity index (χ1n) is 6.63. The lowest BCUT2D eigenvalue weighted by Gasteiger charge is -2.20. The fourth-order valence-electron chi connectivity index (χ4n) is 1.91. The van der Waals surface area contributed by atoms with Crippen LogP contribution in [0.25, 0.3) is 0 Å². The van der Waals surface area contributed by atoms with Crippen molar-refractivity contribution in [3.05, 3.63) is 35.0 Å². The first-order chi connectivity index (χ1) is 10.0. The van der Waals surface area contributed by atoms with Gasteiger partial charge in [0.15, 0.2) is 5.75 Å². The zero-order chi connectivity index (χ0) is 15.4. The van der Waals surface area contributed by atoms with Crippen molar-refractivity contribution >= 4 is 22.0 Å². The summed E-state index contributed by atoms with van der Waals surface area (Å²) in [5.41, 5.74) is 7.38. The number of pyridine rings is 1. The third-order valence-electron chi connectivity index (χ3n) is 2.81. The minimum absolute atomic E-state index is 0.00422. The summed E-state index contributed by atoms with van der Waals surface area (Å²) < 4.78 is 5.79. The molecule has 0 saturated heterocycles. The van der Waals surface area contributed by atoms with Gasteiger partial charge in [-0.25, -0.2) is 0 Å². The maximum absolute atomic E-state index is 9.16. The van der Waals surface area contributed by atoms with Crippen LogP contribution in [0, 0.1) is 11.3 Å². The molecule has 0 unspecified atom stereocenters. The maximum atomic E-state index is 9.16. The van der Waals surface area contributed by atoms with Crippen molar-refractivity contribution < 1.29 is 4.74 Å². The van der Waals surface area contributed by atoms with Gasteiger partial charge in [-0.05, 0) is 26.0 Å². The highest BCUT2D eigenvalue weighted by Crippen LogP contribution is 2.44. The SMILES string of the molecule is CC(C)Oc1c(N(C)Cc2ccccn2)sc(C#N)c1N. The summed E-state index contributed by atoms with van der Waals surface area (Å²) in [7, 11) is 1.94. The van der Waals surface area contributed by atoms with Gasteiger partial charge in [0.2, 0.25) is 0 Å². The zero-order valence-corrected chi connectivity index (χ0v) is 13.1. The van der Waals surface area contributed by atoms with Crippen LogP contribution in [0.3, 0.4) is 0 Å². The fourth-order valence-corrected chi connectivity index (χ4v) is 2.82. The first-order valence-corrected chi connectivity index (χ1v) is 7.44. The molecule has 0 amide bonds. The highest BCUT2D eigenvalue weighted by atomic mass is 32.1. The zero-order valence-electron chi connectivity index (χ0n) is 12.3. The summed E-state index contributed by atoms with van der Waals surface area (Å²) >= 11 is 1.34. The summed E-state index contributed by atoms with van der Waals surface area (Å²) in [5.74, 6) is 0.588. The van der Waals surface area contributed by atoms with Crippen molar-refractivity contribution in [1.29, 1.82) is 5.26 Å². The van der Waals surface area contributed by atoms with E-state index in [0.717, 1.165) is 10.7 Å². The number of nitrogen functional groups attached to an aromatic ring is 1. The van der Waals surface area contributed by atoms with Crippen molar-refractivity contribution in [3.63, 3.8) is 0 Å². The second kappa shape index (κ2) is 6.46. The highest BCUT2D eigenvalue weighted by molar-refractivity contribution is 7.17. The molecule has 0 aliphatic heterocycles. The van der Waals surface area contributed by atoms with E-state index in [-0.39, 0.29) is 6.10 Å². The summed E-state index contributed by atoms with van der Waals surface area (Å²) in [6, 6.07) is 7.91. The number of anilines is 2. The molecule has 2 aromatic heterocycles. The lowest BCUT2D eigenvalue weighted by atomic mass is 10.3. The molecule has 0 aromatic carbocycles. The van der Waals surface area contributed by atoms with Gasteiger partial charge in [-0.3, -0.25) is 4.98 Å². The van der Waals surface area contributed by atoms with Gasteiger partial charge in [0.1, 0.15) is 21.6 Å². The topological polar surface area (TPSA) is 75.2 Å². The van der Waals surface area contributed by atoms with Crippen LogP contribution in [0.2, 0.25) is 0 Å². The summed E-state index contributed by atoms with van der Waals surface area (Å²) in [4.78, 5) is 6.79. The third kappa shape index (κ3) is 3.44. The van der Waals surface area contributed by atoms with Crippen LogP contribution in [0.1, 0.15) is 24.4 Å². The quantitative estimate of drug-likeness (QED) is 0.919. The van der Waals surface area contributed by atoms with E-state index >= 15 is 0 Å². The number of hydrogen-bond acceptors (Lipinski definition) is 6. The molecular formula is C15H18N4OS. The monoisotopic (exact) mass is 302 g/mol. The molecule has 0 atom stereocenters. The molecule has 0 saturated carbocycles. The van der Waals surface area contributed by atoms with Crippen molar-refractivity contribution in [2.45, 2.75) is 26.5 Å². The molecule has 21 heavy (non-hydrogen) atoms. The Balaban J connectivity index is 2.31. The third-order valence-corrected chi connectivity index (χ3v) is 4.02. The van der Waals surface area contributed by atoms with Crippen LogP contribution in [0.15, 0.2) is 24.4 Å². The average Bonchev–Trinajstić information content (AvgIpc) is 2.76. The Labute approximate surface area is 128 Å². The molecule has 2 heterocycles. The Morgan fingerprint density at radius 1 is 1.48 bits per heavy atom. The van der Waals surface area contributed by atoms with Crippen LogP contribution < -0.4 is 15.4 Å². The van der Waals surface area contributed by atoms with Crippen LogP contribution in [-0.2, 0) is 6.54 Å². The molecule has 0 aliphatic carbocycles. The van der Waals surface area contributed by atoms with E-state index in [2.05, 4.69) is 11.1 Å². The van der Waals surface area contributed by atoms with Crippen LogP contribution in [0.5, 0.6) is 5.75 Å². The van der Waals surface area contributed by atoms with E-state index in [1.165, 1.54) is 11.3 Å². The number of nitrogens with two attached hydrogens (primary N) is 1. The first kappa shape index (κ1) is 15.1. The summed E-state index contributed by atoms with van der Waals surface area (Å²) in [5, 5.41) is 10.0. The molecule has 2 N–H and O–H groups in total. The Bertz CT molecular complexity index is 646. The molecule has 110 valence electrons. The van der Waals surface area contributed by atoms with Crippen molar-refractivity contribution in [3.8, 4) is 11.8 Å². The molecule has 2 rings (SSSR count). The van der Waals surface area contributed by atoms with Gasteiger partial charge in [0.25, 0.3) is 0 Å².